The molecular formula is C19H20F3N7O2. The van der Waals surface area contributed by atoms with Gasteiger partial charge in [0.05, 0.1) is 23.6 Å². The molecule has 2 aromatic rings. The third-order valence-electron chi connectivity index (χ3n) is 5.22. The number of halogens is 3. The minimum atomic E-state index is -4.57. The first-order chi connectivity index (χ1) is 14.7. The Morgan fingerprint density at radius 1 is 1.29 bits per heavy atom. The lowest BCUT2D eigenvalue weighted by molar-refractivity contribution is -0.152. The van der Waals surface area contributed by atoms with Crippen LogP contribution in [0.25, 0.3) is 5.57 Å². The highest BCUT2D eigenvalue weighted by molar-refractivity contribution is 6.35. The first-order valence-corrected chi connectivity index (χ1v) is 9.66. The summed E-state index contributed by atoms with van der Waals surface area (Å²) in [7, 11) is 1.79. The molecule has 0 aliphatic carbocycles. The number of aromatic nitrogens is 4. The van der Waals surface area contributed by atoms with Gasteiger partial charge in [-0.3, -0.25) is 14.3 Å². The molecule has 0 saturated carbocycles. The molecule has 0 spiro atoms. The number of hydrogen-bond donors (Lipinski definition) is 2. The van der Waals surface area contributed by atoms with Gasteiger partial charge in [0.25, 0.3) is 0 Å². The average Bonchev–Trinajstić information content (AvgIpc) is 3.24. The van der Waals surface area contributed by atoms with Gasteiger partial charge in [-0.15, -0.1) is 0 Å². The minimum Gasteiger partial charge on any atom is -0.339 e. The molecule has 2 amide bonds. The van der Waals surface area contributed by atoms with E-state index in [4.69, 9.17) is 0 Å². The van der Waals surface area contributed by atoms with E-state index in [2.05, 4.69) is 20.4 Å². The highest BCUT2D eigenvalue weighted by atomic mass is 19.4. The maximum atomic E-state index is 12.5. The zero-order valence-electron chi connectivity index (χ0n) is 16.6. The van der Waals surface area contributed by atoms with E-state index in [1.807, 2.05) is 6.08 Å². The summed E-state index contributed by atoms with van der Waals surface area (Å²) in [5.41, 5.74) is 2.33. The molecule has 2 aliphatic heterocycles. The first-order valence-electron chi connectivity index (χ1n) is 9.66. The van der Waals surface area contributed by atoms with Gasteiger partial charge in [0.2, 0.25) is 5.95 Å². The van der Waals surface area contributed by atoms with Crippen LogP contribution < -0.4 is 10.6 Å². The molecular weight excluding hydrogens is 415 g/mol. The van der Waals surface area contributed by atoms with Crippen molar-refractivity contribution < 1.29 is 22.8 Å². The van der Waals surface area contributed by atoms with E-state index in [0.717, 1.165) is 11.3 Å². The van der Waals surface area contributed by atoms with Gasteiger partial charge >= 0.3 is 18.0 Å². The van der Waals surface area contributed by atoms with E-state index in [-0.39, 0.29) is 12.1 Å². The molecule has 1 saturated heterocycles. The molecule has 4 heterocycles. The van der Waals surface area contributed by atoms with Crippen molar-refractivity contribution in [1.29, 1.82) is 0 Å². The smallest absolute Gasteiger partial charge is 0.339 e. The van der Waals surface area contributed by atoms with Crippen LogP contribution in [-0.2, 0) is 16.6 Å². The third-order valence-corrected chi connectivity index (χ3v) is 5.22. The largest absolute Gasteiger partial charge is 0.405 e. The Morgan fingerprint density at radius 2 is 2.10 bits per heavy atom. The van der Waals surface area contributed by atoms with Crippen molar-refractivity contribution in [1.82, 2.24) is 30.0 Å². The molecule has 2 N–H and O–H groups in total. The van der Waals surface area contributed by atoms with Gasteiger partial charge in [0.15, 0.2) is 0 Å². The second-order valence-corrected chi connectivity index (χ2v) is 7.50. The summed E-state index contributed by atoms with van der Waals surface area (Å²) < 4.78 is 38.6. The molecule has 0 aromatic carbocycles. The average molecular weight is 435 g/mol. The van der Waals surface area contributed by atoms with E-state index < -0.39 is 24.5 Å². The molecule has 2 unspecified atom stereocenters. The van der Waals surface area contributed by atoms with Crippen LogP contribution in [0.15, 0.2) is 30.7 Å². The van der Waals surface area contributed by atoms with Crippen molar-refractivity contribution >= 4 is 29.0 Å². The Kier molecular flexibility index (Phi) is 5.38. The lowest BCUT2D eigenvalue weighted by atomic mass is 9.98. The zero-order valence-corrected chi connectivity index (χ0v) is 16.6. The van der Waals surface area contributed by atoms with Gasteiger partial charge in [-0.05, 0) is 30.9 Å². The van der Waals surface area contributed by atoms with Crippen molar-refractivity contribution in [2.45, 2.75) is 37.5 Å². The summed E-state index contributed by atoms with van der Waals surface area (Å²) in [5.74, 6) is -1.78. The van der Waals surface area contributed by atoms with E-state index in [1.165, 1.54) is 4.90 Å². The van der Waals surface area contributed by atoms with Gasteiger partial charge < -0.3 is 15.5 Å². The van der Waals surface area contributed by atoms with Gasteiger partial charge in [0, 0.05) is 25.5 Å². The lowest BCUT2D eigenvalue weighted by Crippen LogP contribution is -2.51. The number of carbonyl (C=O) groups excluding carboxylic acids is 2. The molecule has 31 heavy (non-hydrogen) atoms. The number of hydrogen-bond acceptors (Lipinski definition) is 6. The van der Waals surface area contributed by atoms with Crippen molar-refractivity contribution in [3.8, 4) is 0 Å². The number of amides is 2. The highest BCUT2D eigenvalue weighted by Gasteiger charge is 2.42. The summed E-state index contributed by atoms with van der Waals surface area (Å²) in [6.07, 6.45) is 4.08. The monoisotopic (exact) mass is 435 g/mol. The fraction of sp³-hybridized carbons (Fsp3) is 0.421. The predicted octanol–water partition coefficient (Wildman–Crippen LogP) is 1.78. The number of nitrogens with zero attached hydrogens (tertiary/aromatic N) is 5. The third kappa shape index (κ3) is 4.67. The number of rotatable bonds is 4. The van der Waals surface area contributed by atoms with Gasteiger partial charge in [-0.25, -0.2) is 9.97 Å². The van der Waals surface area contributed by atoms with Gasteiger partial charge in [-0.1, -0.05) is 6.08 Å². The normalized spacial score (nSPS) is 20.4. The van der Waals surface area contributed by atoms with Gasteiger partial charge in [-0.2, -0.15) is 18.3 Å². The highest BCUT2D eigenvalue weighted by Crippen LogP contribution is 2.38. The van der Waals surface area contributed by atoms with Crippen LogP contribution in [0.5, 0.6) is 0 Å². The van der Waals surface area contributed by atoms with Crippen LogP contribution in [-0.4, -0.2) is 61.3 Å². The maximum absolute atomic E-state index is 12.5. The summed E-state index contributed by atoms with van der Waals surface area (Å²) >= 11 is 0. The summed E-state index contributed by atoms with van der Waals surface area (Å²) in [6.45, 7) is -1.53. The Hall–Kier alpha value is -3.44. The van der Waals surface area contributed by atoms with E-state index in [1.54, 1.807) is 41.7 Å². The number of anilines is 2. The molecule has 2 aromatic heterocycles. The van der Waals surface area contributed by atoms with Gasteiger partial charge in [0.1, 0.15) is 6.54 Å². The number of aryl methyl sites for hydroxylation is 1. The summed E-state index contributed by atoms with van der Waals surface area (Å²) in [5, 5.41) is 8.79. The second kappa shape index (κ2) is 8.00. The van der Waals surface area contributed by atoms with Crippen LogP contribution in [0.3, 0.4) is 0 Å². The lowest BCUT2D eigenvalue weighted by Gasteiger charge is -2.33. The molecule has 1 fully saturated rings. The van der Waals surface area contributed by atoms with Crippen molar-refractivity contribution in [2.75, 3.05) is 11.9 Å². The predicted molar refractivity (Wildman–Crippen MR) is 104 cm³/mol. The van der Waals surface area contributed by atoms with Crippen molar-refractivity contribution in [3.05, 3.63) is 36.4 Å². The number of fused-ring (bicyclic) bond motifs is 2. The van der Waals surface area contributed by atoms with Crippen LogP contribution in [0.1, 0.15) is 25.0 Å². The minimum absolute atomic E-state index is 0.265. The Balaban J connectivity index is 1.47. The summed E-state index contributed by atoms with van der Waals surface area (Å²) in [4.78, 5) is 34.5. The van der Waals surface area contributed by atoms with E-state index in [0.29, 0.717) is 30.9 Å². The summed E-state index contributed by atoms with van der Waals surface area (Å²) in [6, 6.07) is 1.13. The molecule has 2 atom stereocenters. The topological polar surface area (TPSA) is 105 Å². The number of carbonyl (C=O) groups is 2. The van der Waals surface area contributed by atoms with Crippen LogP contribution in [0.4, 0.5) is 24.8 Å². The van der Waals surface area contributed by atoms with Crippen molar-refractivity contribution in [2.24, 2.45) is 7.05 Å². The molecule has 164 valence electrons. The second-order valence-electron chi connectivity index (χ2n) is 7.50. The SMILES string of the molecule is Cn1cc(Nc2nccc(C3=CC4CCC(C3)N4C(=O)C(=O)NCC(F)(F)F)n2)cn1. The Bertz CT molecular complexity index is 1030. The molecule has 2 bridgehead atoms. The Morgan fingerprint density at radius 3 is 2.77 bits per heavy atom. The van der Waals surface area contributed by atoms with Crippen molar-refractivity contribution in [3.63, 3.8) is 0 Å². The molecule has 0 radical (unpaired) electrons. The zero-order chi connectivity index (χ0) is 22.2. The molecule has 2 aliphatic rings. The quantitative estimate of drug-likeness (QED) is 0.710. The van der Waals surface area contributed by atoms with E-state index >= 15 is 0 Å². The fourth-order valence-corrected chi connectivity index (χ4v) is 3.92. The van der Waals surface area contributed by atoms with Crippen LogP contribution in [0.2, 0.25) is 0 Å². The number of nitrogens with one attached hydrogen (secondary N) is 2. The molecule has 9 nitrogen and oxygen atoms in total. The molecule has 4 rings (SSSR count). The maximum Gasteiger partial charge on any atom is 0.405 e. The Labute approximate surface area is 175 Å². The fourth-order valence-electron chi connectivity index (χ4n) is 3.92. The number of alkyl halides is 3. The standard InChI is InChI=1S/C19H20F3N7O2/c1-28-9-12(8-25-28)26-18-23-5-4-15(27-18)11-6-13-2-3-14(7-11)29(13)17(31)16(30)24-10-19(20,21)22/h4-6,8-9,13-14H,2-3,7,10H2,1H3,(H,24,30)(H,23,26,27). The van der Waals surface area contributed by atoms with Crippen LogP contribution >= 0.6 is 0 Å². The van der Waals surface area contributed by atoms with Crippen LogP contribution in [0, 0.1) is 0 Å². The molecule has 12 heteroatoms. The first kappa shape index (κ1) is 20.8. The van der Waals surface area contributed by atoms with E-state index in [9.17, 15) is 22.8 Å².